The normalized spacial score (nSPS) is 25.6. The van der Waals surface area contributed by atoms with Gasteiger partial charge >= 0.3 is 0 Å². The van der Waals surface area contributed by atoms with Crippen LogP contribution in [0.5, 0.6) is 0 Å². The van der Waals surface area contributed by atoms with Crippen LogP contribution in [0, 0.1) is 0 Å². The summed E-state index contributed by atoms with van der Waals surface area (Å²) in [6.45, 7) is 5.23. The molecule has 0 spiro atoms. The summed E-state index contributed by atoms with van der Waals surface area (Å²) in [5.74, 6) is 0. The molecule has 3 nitrogen and oxygen atoms in total. The third-order valence-corrected chi connectivity index (χ3v) is 2.64. The lowest BCUT2D eigenvalue weighted by molar-refractivity contribution is -0.0716. The quantitative estimate of drug-likeness (QED) is 0.837. The van der Waals surface area contributed by atoms with Gasteiger partial charge in [-0.15, -0.1) is 0 Å². The van der Waals surface area contributed by atoms with Gasteiger partial charge in [-0.3, -0.25) is 0 Å². The van der Waals surface area contributed by atoms with E-state index in [0.717, 1.165) is 13.1 Å². The number of ether oxygens (including phenoxy) is 2. The van der Waals surface area contributed by atoms with Crippen molar-refractivity contribution in [3.63, 3.8) is 0 Å². The zero-order chi connectivity index (χ0) is 11.2. The number of nitrogens with one attached hydrogen (secondary N) is 1. The minimum absolute atomic E-state index is 0.187. The Hall–Kier alpha value is -0.900. The maximum absolute atomic E-state index is 5.74. The Balaban J connectivity index is 1.68. The van der Waals surface area contributed by atoms with E-state index in [4.69, 9.17) is 9.47 Å². The van der Waals surface area contributed by atoms with Crippen LogP contribution in [0.4, 0.5) is 0 Å². The molecule has 1 aromatic carbocycles. The monoisotopic (exact) mass is 221 g/mol. The van der Waals surface area contributed by atoms with Gasteiger partial charge in [-0.05, 0) is 12.5 Å². The van der Waals surface area contributed by atoms with Crippen molar-refractivity contribution < 1.29 is 9.47 Å². The largest absolute Gasteiger partial charge is 0.374 e. The average Bonchev–Trinajstić information content (AvgIpc) is 2.30. The van der Waals surface area contributed by atoms with E-state index in [9.17, 15) is 0 Å². The first-order valence-electron chi connectivity index (χ1n) is 5.82. The molecule has 3 heteroatoms. The van der Waals surface area contributed by atoms with Gasteiger partial charge in [-0.1, -0.05) is 30.3 Å². The predicted molar refractivity (Wildman–Crippen MR) is 63.3 cm³/mol. The zero-order valence-electron chi connectivity index (χ0n) is 9.69. The van der Waals surface area contributed by atoms with Crippen LogP contribution in [0.1, 0.15) is 12.5 Å². The van der Waals surface area contributed by atoms with E-state index in [1.807, 2.05) is 18.2 Å². The van der Waals surface area contributed by atoms with Crippen molar-refractivity contribution in [1.29, 1.82) is 0 Å². The number of morpholine rings is 1. The Labute approximate surface area is 96.8 Å². The molecular formula is C13H19NO2. The molecule has 16 heavy (non-hydrogen) atoms. The Morgan fingerprint density at radius 3 is 2.88 bits per heavy atom. The van der Waals surface area contributed by atoms with Gasteiger partial charge in [-0.25, -0.2) is 0 Å². The van der Waals surface area contributed by atoms with Gasteiger partial charge in [0.05, 0.1) is 25.4 Å². The highest BCUT2D eigenvalue weighted by atomic mass is 16.5. The second-order valence-corrected chi connectivity index (χ2v) is 4.23. The molecule has 1 fully saturated rings. The van der Waals surface area contributed by atoms with Crippen molar-refractivity contribution in [3.05, 3.63) is 35.9 Å². The molecule has 0 saturated carbocycles. The van der Waals surface area contributed by atoms with Crippen LogP contribution in [-0.2, 0) is 16.1 Å². The standard InChI is InChI=1S/C13H19NO2/c1-11-7-14-8-13(16-11)10-15-9-12-5-3-2-4-6-12/h2-6,11,13-14H,7-10H2,1H3/t11?,13-/m0/s1. The summed E-state index contributed by atoms with van der Waals surface area (Å²) in [6, 6.07) is 10.2. The fraction of sp³-hybridized carbons (Fsp3) is 0.538. The second kappa shape index (κ2) is 5.99. The van der Waals surface area contributed by atoms with Gasteiger partial charge < -0.3 is 14.8 Å². The number of rotatable bonds is 4. The third-order valence-electron chi connectivity index (χ3n) is 2.64. The summed E-state index contributed by atoms with van der Waals surface area (Å²) in [7, 11) is 0. The average molecular weight is 221 g/mol. The van der Waals surface area contributed by atoms with E-state index in [1.165, 1.54) is 5.56 Å². The van der Waals surface area contributed by atoms with Crippen LogP contribution >= 0.6 is 0 Å². The van der Waals surface area contributed by atoms with Crippen molar-refractivity contribution in [3.8, 4) is 0 Å². The number of hydrogen-bond donors (Lipinski definition) is 1. The molecule has 0 amide bonds. The summed E-state index contributed by atoms with van der Waals surface area (Å²) >= 11 is 0. The minimum Gasteiger partial charge on any atom is -0.374 e. The molecule has 1 aromatic rings. The van der Waals surface area contributed by atoms with E-state index in [0.29, 0.717) is 19.3 Å². The fourth-order valence-corrected chi connectivity index (χ4v) is 1.85. The van der Waals surface area contributed by atoms with Crippen LogP contribution < -0.4 is 5.32 Å². The maximum atomic E-state index is 5.74. The lowest BCUT2D eigenvalue weighted by atomic mass is 10.2. The van der Waals surface area contributed by atoms with Gasteiger partial charge in [0.25, 0.3) is 0 Å². The lowest BCUT2D eigenvalue weighted by Gasteiger charge is -2.28. The van der Waals surface area contributed by atoms with Crippen molar-refractivity contribution in [1.82, 2.24) is 5.32 Å². The molecule has 1 N–H and O–H groups in total. The van der Waals surface area contributed by atoms with Gasteiger partial charge in [-0.2, -0.15) is 0 Å². The molecule has 0 aromatic heterocycles. The molecule has 2 rings (SSSR count). The van der Waals surface area contributed by atoms with Crippen molar-refractivity contribution >= 4 is 0 Å². The Bertz CT molecular complexity index is 302. The summed E-state index contributed by atoms with van der Waals surface area (Å²) in [6.07, 6.45) is 0.478. The summed E-state index contributed by atoms with van der Waals surface area (Å²) < 4.78 is 11.4. The van der Waals surface area contributed by atoms with E-state index in [-0.39, 0.29) is 6.10 Å². The van der Waals surface area contributed by atoms with Gasteiger partial charge in [0.15, 0.2) is 0 Å². The summed E-state index contributed by atoms with van der Waals surface area (Å²) in [5, 5.41) is 3.33. The predicted octanol–water partition coefficient (Wildman–Crippen LogP) is 1.58. The van der Waals surface area contributed by atoms with Gasteiger partial charge in [0.1, 0.15) is 0 Å². The summed E-state index contributed by atoms with van der Waals surface area (Å²) in [5.41, 5.74) is 1.21. The van der Waals surface area contributed by atoms with Crippen LogP contribution in [0.25, 0.3) is 0 Å². The Kier molecular flexibility index (Phi) is 4.34. The molecule has 1 unspecified atom stereocenters. The topological polar surface area (TPSA) is 30.5 Å². The minimum atomic E-state index is 0.187. The van der Waals surface area contributed by atoms with E-state index in [1.54, 1.807) is 0 Å². The maximum Gasteiger partial charge on any atom is 0.0936 e. The highest BCUT2D eigenvalue weighted by Crippen LogP contribution is 2.06. The van der Waals surface area contributed by atoms with Crippen LogP contribution in [-0.4, -0.2) is 31.9 Å². The molecule has 1 aliphatic rings. The van der Waals surface area contributed by atoms with Crippen LogP contribution in [0.2, 0.25) is 0 Å². The van der Waals surface area contributed by atoms with E-state index < -0.39 is 0 Å². The van der Waals surface area contributed by atoms with E-state index >= 15 is 0 Å². The lowest BCUT2D eigenvalue weighted by Crippen LogP contribution is -2.45. The van der Waals surface area contributed by atoms with Gasteiger partial charge in [0, 0.05) is 13.1 Å². The van der Waals surface area contributed by atoms with Crippen LogP contribution in [0.15, 0.2) is 30.3 Å². The van der Waals surface area contributed by atoms with Gasteiger partial charge in [0.2, 0.25) is 0 Å². The third kappa shape index (κ3) is 3.59. The first kappa shape index (κ1) is 11.6. The van der Waals surface area contributed by atoms with E-state index in [2.05, 4.69) is 24.4 Å². The second-order valence-electron chi connectivity index (χ2n) is 4.23. The first-order valence-corrected chi connectivity index (χ1v) is 5.82. The molecular weight excluding hydrogens is 202 g/mol. The van der Waals surface area contributed by atoms with Crippen molar-refractivity contribution in [2.45, 2.75) is 25.7 Å². The highest BCUT2D eigenvalue weighted by molar-refractivity contribution is 5.13. The molecule has 0 bridgehead atoms. The van der Waals surface area contributed by atoms with Crippen molar-refractivity contribution in [2.24, 2.45) is 0 Å². The first-order chi connectivity index (χ1) is 7.84. The smallest absolute Gasteiger partial charge is 0.0936 e. The molecule has 1 heterocycles. The van der Waals surface area contributed by atoms with Crippen LogP contribution in [0.3, 0.4) is 0 Å². The highest BCUT2D eigenvalue weighted by Gasteiger charge is 2.18. The molecule has 88 valence electrons. The molecule has 0 aliphatic carbocycles. The molecule has 1 saturated heterocycles. The molecule has 2 atom stereocenters. The Morgan fingerprint density at radius 2 is 2.12 bits per heavy atom. The summed E-state index contributed by atoms with van der Waals surface area (Å²) in [4.78, 5) is 0. The van der Waals surface area contributed by atoms with Crippen molar-refractivity contribution in [2.75, 3.05) is 19.7 Å². The number of hydrogen-bond acceptors (Lipinski definition) is 3. The number of benzene rings is 1. The fourth-order valence-electron chi connectivity index (χ4n) is 1.85. The molecule has 1 aliphatic heterocycles. The molecule has 0 radical (unpaired) electrons. The SMILES string of the molecule is CC1CNC[C@@H](COCc2ccccc2)O1. The Morgan fingerprint density at radius 1 is 1.31 bits per heavy atom. The zero-order valence-corrected chi connectivity index (χ0v) is 9.69.